The highest BCUT2D eigenvalue weighted by molar-refractivity contribution is 9.10. The van der Waals surface area contributed by atoms with Crippen LogP contribution in [0.1, 0.15) is 48.1 Å². The Bertz CT molecular complexity index is 1540. The topological polar surface area (TPSA) is 71.4 Å². The molecule has 7 nitrogen and oxygen atoms in total. The van der Waals surface area contributed by atoms with E-state index in [0.29, 0.717) is 23.0 Å². The van der Waals surface area contributed by atoms with E-state index >= 15 is 0 Å². The third-order valence-corrected chi connectivity index (χ3v) is 7.82. The molecule has 200 valence electrons. The van der Waals surface area contributed by atoms with E-state index in [9.17, 15) is 4.79 Å². The smallest absolute Gasteiger partial charge is 0.224 e. The molecule has 0 unspecified atom stereocenters. The fourth-order valence-electron chi connectivity index (χ4n) is 5.22. The van der Waals surface area contributed by atoms with Crippen molar-refractivity contribution in [3.05, 3.63) is 100 Å². The number of aryl methyl sites for hydroxylation is 1. The zero-order valence-corrected chi connectivity index (χ0v) is 24.6. The number of rotatable bonds is 7. The third kappa shape index (κ3) is 5.16. The first kappa shape index (κ1) is 26.9. The van der Waals surface area contributed by atoms with Crippen molar-refractivity contribution in [2.24, 2.45) is 0 Å². The number of hydrogen-bond donors (Lipinski definition) is 2. The van der Waals surface area contributed by atoms with E-state index in [4.69, 9.17) is 17.0 Å². The fraction of sp³-hybridized carbons (Fsp3) is 0.233. The van der Waals surface area contributed by atoms with Crippen LogP contribution in [0.3, 0.4) is 0 Å². The van der Waals surface area contributed by atoms with Crippen LogP contribution in [0.25, 0.3) is 5.69 Å². The van der Waals surface area contributed by atoms with Crippen molar-refractivity contribution >= 4 is 50.5 Å². The quantitative estimate of drug-likeness (QED) is 0.227. The van der Waals surface area contributed by atoms with Gasteiger partial charge in [0.2, 0.25) is 5.91 Å². The highest BCUT2D eigenvalue weighted by Gasteiger charge is 2.42. The molecule has 0 saturated carbocycles. The van der Waals surface area contributed by atoms with Gasteiger partial charge in [0, 0.05) is 45.9 Å². The number of benzene rings is 2. The molecule has 3 heterocycles. The van der Waals surface area contributed by atoms with E-state index in [1.165, 1.54) is 0 Å². The second kappa shape index (κ2) is 11.2. The van der Waals surface area contributed by atoms with Gasteiger partial charge in [-0.05, 0) is 80.2 Å². The fourth-order valence-corrected chi connectivity index (χ4v) is 5.95. The molecule has 2 atom stereocenters. The number of pyridine rings is 1. The van der Waals surface area contributed by atoms with Gasteiger partial charge in [0.1, 0.15) is 5.75 Å². The van der Waals surface area contributed by atoms with Crippen molar-refractivity contribution in [2.75, 3.05) is 17.3 Å². The van der Waals surface area contributed by atoms with Crippen LogP contribution < -0.4 is 20.3 Å². The number of thiocarbonyl (C=S) groups is 1. The monoisotopic (exact) mass is 603 g/mol. The van der Waals surface area contributed by atoms with Crippen molar-refractivity contribution in [1.82, 2.24) is 14.9 Å². The Kier molecular flexibility index (Phi) is 7.72. The zero-order chi connectivity index (χ0) is 27.7. The third-order valence-electron chi connectivity index (χ3n) is 7.01. The summed E-state index contributed by atoms with van der Waals surface area (Å²) >= 11 is 9.55. The van der Waals surface area contributed by atoms with Crippen molar-refractivity contribution in [3.8, 4) is 11.4 Å². The second-order valence-electron chi connectivity index (χ2n) is 9.42. The lowest BCUT2D eigenvalue weighted by molar-refractivity contribution is -0.115. The molecule has 0 bridgehead atoms. The van der Waals surface area contributed by atoms with E-state index < -0.39 is 0 Å². The molecule has 2 aromatic carbocycles. The first-order valence-corrected chi connectivity index (χ1v) is 14.0. The van der Waals surface area contributed by atoms with Crippen LogP contribution in [0.2, 0.25) is 0 Å². The Morgan fingerprint density at radius 3 is 2.62 bits per heavy atom. The van der Waals surface area contributed by atoms with Gasteiger partial charge in [0.25, 0.3) is 0 Å². The molecule has 5 rings (SSSR count). The number of hydrogen-bond acceptors (Lipinski definition) is 4. The summed E-state index contributed by atoms with van der Waals surface area (Å²) in [6.07, 6.45) is 2.19. The van der Waals surface area contributed by atoms with Gasteiger partial charge < -0.3 is 24.8 Å². The summed E-state index contributed by atoms with van der Waals surface area (Å²) in [7, 11) is 1.60. The van der Waals surface area contributed by atoms with Gasteiger partial charge in [-0.2, -0.15) is 0 Å². The lowest BCUT2D eigenvalue weighted by Gasteiger charge is -2.29. The summed E-state index contributed by atoms with van der Waals surface area (Å²) in [6, 6.07) is 21.8. The minimum atomic E-state index is -0.180. The van der Waals surface area contributed by atoms with Crippen LogP contribution in [0.4, 0.5) is 11.4 Å². The van der Waals surface area contributed by atoms with Crippen LogP contribution in [0, 0.1) is 13.8 Å². The van der Waals surface area contributed by atoms with Crippen molar-refractivity contribution in [2.45, 2.75) is 39.3 Å². The number of carbonyl (C=O) groups excluding carboxylic acids is 1. The molecular formula is C30H30BrN5O2S. The predicted molar refractivity (Wildman–Crippen MR) is 163 cm³/mol. The molecule has 9 heteroatoms. The normalized spacial score (nSPS) is 16.7. The van der Waals surface area contributed by atoms with Gasteiger partial charge in [-0.25, -0.2) is 0 Å². The highest BCUT2D eigenvalue weighted by Crippen LogP contribution is 2.45. The molecular weight excluding hydrogens is 574 g/mol. The van der Waals surface area contributed by atoms with Crippen LogP contribution in [0.5, 0.6) is 5.75 Å². The zero-order valence-electron chi connectivity index (χ0n) is 22.2. The van der Waals surface area contributed by atoms with E-state index in [1.807, 2.05) is 55.5 Å². The number of carbonyl (C=O) groups is 1. The van der Waals surface area contributed by atoms with Gasteiger partial charge in [-0.15, -0.1) is 0 Å². The molecule has 0 aliphatic carbocycles. The van der Waals surface area contributed by atoms with E-state index in [-0.39, 0.29) is 18.0 Å². The minimum absolute atomic E-state index is 0.0764. The van der Waals surface area contributed by atoms with Gasteiger partial charge in [0.15, 0.2) is 5.11 Å². The summed E-state index contributed by atoms with van der Waals surface area (Å²) in [4.78, 5) is 18.9. The molecule has 0 spiro atoms. The lowest BCUT2D eigenvalue weighted by Crippen LogP contribution is -2.29. The van der Waals surface area contributed by atoms with Crippen LogP contribution >= 0.6 is 28.1 Å². The summed E-state index contributed by atoms with van der Waals surface area (Å²) in [5, 5.41) is 7.04. The Labute approximate surface area is 242 Å². The minimum Gasteiger partial charge on any atom is -0.494 e. The number of anilines is 2. The molecule has 1 aliphatic rings. The average Bonchev–Trinajstić information content (AvgIpc) is 3.43. The molecule has 1 amide bonds. The number of halogens is 1. The van der Waals surface area contributed by atoms with Crippen LogP contribution in [0.15, 0.2) is 77.4 Å². The average molecular weight is 605 g/mol. The summed E-state index contributed by atoms with van der Waals surface area (Å²) in [5.41, 5.74) is 6.83. The van der Waals surface area contributed by atoms with Gasteiger partial charge in [0.05, 0.1) is 30.6 Å². The molecule has 0 radical (unpaired) electrons. The Morgan fingerprint density at radius 2 is 1.92 bits per heavy atom. The molecule has 1 aliphatic heterocycles. The molecule has 2 aromatic heterocycles. The van der Waals surface area contributed by atoms with E-state index in [0.717, 1.165) is 38.5 Å². The Hall–Kier alpha value is -3.69. The van der Waals surface area contributed by atoms with Crippen molar-refractivity contribution < 1.29 is 9.53 Å². The number of nitrogens with zero attached hydrogens (tertiary/aromatic N) is 3. The van der Waals surface area contributed by atoms with Crippen molar-refractivity contribution in [3.63, 3.8) is 0 Å². The maximum Gasteiger partial charge on any atom is 0.224 e. The lowest BCUT2D eigenvalue weighted by atomic mass is 9.96. The second-order valence-corrected chi connectivity index (χ2v) is 10.7. The first-order chi connectivity index (χ1) is 18.8. The molecule has 39 heavy (non-hydrogen) atoms. The van der Waals surface area contributed by atoms with Gasteiger partial charge >= 0.3 is 0 Å². The standard InChI is InChI=1S/C30H30BrN5O2S/c1-5-27(37)33-24-13-12-22(17-26(24)38-4)36-29(28(34-30(36)39)25-11-6-7-14-32-25)23-15-18(2)35(19(23)3)21-10-8-9-20(31)16-21/h6-17,28-29H,5H2,1-4H3,(H,33,37)(H,34,39)/t28-,29+/m0/s1. The number of amides is 1. The molecule has 1 saturated heterocycles. The SMILES string of the molecule is CCC(=O)Nc1ccc(N2C(=S)N[C@@H](c3ccccn3)[C@H]2c2cc(C)n(-c3cccc(Br)c3)c2C)cc1OC. The van der Waals surface area contributed by atoms with E-state index in [1.54, 1.807) is 13.3 Å². The maximum atomic E-state index is 12.1. The van der Waals surface area contributed by atoms with E-state index in [2.05, 4.69) is 73.1 Å². The molecule has 2 N–H and O–H groups in total. The Balaban J connectivity index is 1.65. The van der Waals surface area contributed by atoms with Gasteiger partial charge in [-0.1, -0.05) is 35.0 Å². The summed E-state index contributed by atoms with van der Waals surface area (Å²) in [6.45, 7) is 6.08. The van der Waals surface area contributed by atoms with Gasteiger partial charge in [-0.3, -0.25) is 9.78 Å². The predicted octanol–water partition coefficient (Wildman–Crippen LogP) is 6.79. The number of nitrogens with one attached hydrogen (secondary N) is 2. The number of aromatic nitrogens is 2. The number of ether oxygens (including phenoxy) is 1. The van der Waals surface area contributed by atoms with Crippen LogP contribution in [-0.4, -0.2) is 27.7 Å². The highest BCUT2D eigenvalue weighted by atomic mass is 79.9. The first-order valence-electron chi connectivity index (χ1n) is 12.8. The maximum absolute atomic E-state index is 12.1. The summed E-state index contributed by atoms with van der Waals surface area (Å²) < 4.78 is 8.95. The summed E-state index contributed by atoms with van der Waals surface area (Å²) in [5.74, 6) is 0.490. The van der Waals surface area contributed by atoms with Crippen molar-refractivity contribution in [1.29, 1.82) is 0 Å². The Morgan fingerprint density at radius 1 is 1.10 bits per heavy atom. The molecule has 4 aromatic rings. The largest absolute Gasteiger partial charge is 0.494 e. The molecule has 1 fully saturated rings. The number of methoxy groups -OCH3 is 1. The van der Waals surface area contributed by atoms with Crippen LogP contribution in [-0.2, 0) is 4.79 Å².